The molecule has 47 heavy (non-hydrogen) atoms. The molecule has 4 aliphatic heterocycles. The average molecular weight is 635 g/mol. The van der Waals surface area contributed by atoms with Gasteiger partial charge in [0.25, 0.3) is 0 Å². The van der Waals surface area contributed by atoms with Gasteiger partial charge in [0.15, 0.2) is 17.7 Å². The van der Waals surface area contributed by atoms with Gasteiger partial charge in [-0.3, -0.25) is 9.79 Å². The number of allylic oxidation sites excluding steroid dienone is 1. The van der Waals surface area contributed by atoms with Crippen molar-refractivity contribution in [1.29, 1.82) is 0 Å². The molecule has 0 fully saturated rings. The Morgan fingerprint density at radius 1 is 1.15 bits per heavy atom. The number of unbranched alkanes of at least 4 members (excludes halogenated alkanes) is 2. The molecular formula is C38H42N4O5. The van der Waals surface area contributed by atoms with E-state index in [1.807, 2.05) is 42.6 Å². The number of benzene rings is 2. The molecule has 4 atom stereocenters. The minimum atomic E-state index is -1.05. The van der Waals surface area contributed by atoms with Crippen LogP contribution in [0.3, 0.4) is 0 Å². The summed E-state index contributed by atoms with van der Waals surface area (Å²) in [4.78, 5) is 19.5. The van der Waals surface area contributed by atoms with Crippen molar-refractivity contribution < 1.29 is 24.5 Å². The van der Waals surface area contributed by atoms with Gasteiger partial charge in [0, 0.05) is 43.7 Å². The largest absolute Gasteiger partial charge is 0.465 e. The highest BCUT2D eigenvalue weighted by atomic mass is 16.5. The molecule has 9 heteroatoms. The van der Waals surface area contributed by atoms with Crippen LogP contribution in [0.1, 0.15) is 86.4 Å². The summed E-state index contributed by atoms with van der Waals surface area (Å²) in [5, 5.41) is 21.6. The average Bonchev–Trinajstić information content (AvgIpc) is 3.65. The number of nitrogens with two attached hydrogens (primary N) is 2. The van der Waals surface area contributed by atoms with Gasteiger partial charge in [-0.15, -0.1) is 0 Å². The molecule has 0 spiro atoms. The van der Waals surface area contributed by atoms with E-state index < -0.39 is 30.5 Å². The van der Waals surface area contributed by atoms with E-state index in [-0.39, 0.29) is 12.2 Å². The minimum Gasteiger partial charge on any atom is -0.465 e. The van der Waals surface area contributed by atoms with E-state index in [0.29, 0.717) is 55.7 Å². The summed E-state index contributed by atoms with van der Waals surface area (Å²) < 4.78 is 12.5. The molecular weight excluding hydrogens is 592 g/mol. The van der Waals surface area contributed by atoms with Crippen LogP contribution in [-0.4, -0.2) is 45.5 Å². The molecule has 4 heterocycles. The Kier molecular flexibility index (Phi) is 10.1. The molecule has 9 nitrogen and oxygen atoms in total. The Hall–Kier alpha value is -4.38. The molecule has 0 aliphatic carbocycles. The van der Waals surface area contributed by atoms with Crippen molar-refractivity contribution in [3.63, 3.8) is 0 Å². The lowest BCUT2D eigenvalue weighted by atomic mass is 9.91. The summed E-state index contributed by atoms with van der Waals surface area (Å²) in [5.41, 5.74) is 18.2. The highest BCUT2D eigenvalue weighted by molar-refractivity contribution is 6.09. The molecule has 2 aromatic carbocycles. The van der Waals surface area contributed by atoms with Gasteiger partial charge < -0.3 is 36.1 Å². The zero-order valence-electron chi connectivity index (χ0n) is 26.7. The fraction of sp³-hybridized carbons (Fsp3) is 0.421. The highest BCUT2D eigenvalue weighted by Crippen LogP contribution is 2.37. The predicted octanol–water partition coefficient (Wildman–Crippen LogP) is 4.33. The number of carbonyl (C=O) groups is 1. The van der Waals surface area contributed by atoms with Crippen molar-refractivity contribution >= 4 is 11.5 Å². The molecule has 4 aliphatic rings. The number of nitrogens with zero attached hydrogens (tertiary/aromatic N) is 2. The number of carbonyl (C=O) groups excluding carboxylic acids is 1. The lowest BCUT2D eigenvalue weighted by Gasteiger charge is -2.32. The van der Waals surface area contributed by atoms with E-state index >= 15 is 0 Å². The monoisotopic (exact) mass is 634 g/mol. The smallest absolute Gasteiger partial charge is 0.187 e. The van der Waals surface area contributed by atoms with Crippen molar-refractivity contribution in [3.8, 4) is 35.4 Å². The first-order valence-corrected chi connectivity index (χ1v) is 16.5. The van der Waals surface area contributed by atoms with Gasteiger partial charge in [0.05, 0.1) is 30.4 Å². The first-order chi connectivity index (χ1) is 22.8. The third-order valence-electron chi connectivity index (χ3n) is 9.07. The maximum atomic E-state index is 12.7. The Bertz CT molecular complexity index is 1740. The van der Waals surface area contributed by atoms with E-state index in [1.165, 1.54) is 0 Å². The van der Waals surface area contributed by atoms with Crippen LogP contribution >= 0.6 is 0 Å². The number of ketones is 1. The third-order valence-corrected chi connectivity index (χ3v) is 9.07. The van der Waals surface area contributed by atoms with E-state index in [9.17, 15) is 15.0 Å². The second kappa shape index (κ2) is 14.6. The quantitative estimate of drug-likeness (QED) is 0.172. The lowest BCUT2D eigenvalue weighted by Crippen LogP contribution is -2.41. The van der Waals surface area contributed by atoms with E-state index in [2.05, 4.69) is 41.9 Å². The van der Waals surface area contributed by atoms with Crippen molar-refractivity contribution in [3.05, 3.63) is 82.2 Å². The maximum absolute atomic E-state index is 12.7. The number of fused-ring (bicyclic) bond motifs is 5. The van der Waals surface area contributed by atoms with Gasteiger partial charge in [0.1, 0.15) is 18.0 Å². The van der Waals surface area contributed by atoms with Crippen molar-refractivity contribution in [1.82, 2.24) is 4.90 Å². The molecule has 6 N–H and O–H groups in total. The van der Waals surface area contributed by atoms with Gasteiger partial charge in [-0.25, -0.2) is 0 Å². The summed E-state index contributed by atoms with van der Waals surface area (Å²) in [6, 6.07) is 11.2. The van der Waals surface area contributed by atoms with Crippen LogP contribution in [0.4, 0.5) is 0 Å². The summed E-state index contributed by atoms with van der Waals surface area (Å²) >= 11 is 0. The Morgan fingerprint density at radius 2 is 2.02 bits per heavy atom. The molecule has 2 aromatic rings. The van der Waals surface area contributed by atoms with Crippen LogP contribution in [0.15, 0.2) is 64.9 Å². The summed E-state index contributed by atoms with van der Waals surface area (Å²) in [6.07, 6.45) is 9.55. The predicted molar refractivity (Wildman–Crippen MR) is 180 cm³/mol. The maximum Gasteiger partial charge on any atom is 0.187 e. The number of aliphatic hydroxyl groups is 2. The summed E-state index contributed by atoms with van der Waals surface area (Å²) in [7, 11) is 0. The molecule has 0 saturated carbocycles. The number of aliphatic hydroxyl groups excluding tert-OH is 2. The number of rotatable bonds is 10. The fourth-order valence-corrected chi connectivity index (χ4v) is 6.42. The van der Waals surface area contributed by atoms with Gasteiger partial charge in [-0.2, -0.15) is 0 Å². The number of ether oxygens (including phenoxy) is 2. The number of aryl methyl sites for hydroxylation is 1. The zero-order valence-corrected chi connectivity index (χ0v) is 26.7. The minimum absolute atomic E-state index is 0.0392. The van der Waals surface area contributed by atoms with Gasteiger partial charge in [-0.05, 0) is 52.8 Å². The van der Waals surface area contributed by atoms with Crippen LogP contribution < -0.4 is 20.9 Å². The van der Waals surface area contributed by atoms with Crippen molar-refractivity contribution in [2.75, 3.05) is 6.54 Å². The van der Waals surface area contributed by atoms with Gasteiger partial charge >= 0.3 is 0 Å². The molecule has 6 rings (SSSR count). The number of aliphatic imine (C=N–C) groups is 1. The lowest BCUT2D eigenvalue weighted by molar-refractivity contribution is -0.121. The van der Waals surface area contributed by atoms with Gasteiger partial charge in [-0.1, -0.05) is 68.2 Å². The van der Waals surface area contributed by atoms with Crippen molar-refractivity contribution in [2.24, 2.45) is 22.4 Å². The highest BCUT2D eigenvalue weighted by Gasteiger charge is 2.36. The molecule has 2 bridgehead atoms. The molecule has 0 amide bonds. The fourth-order valence-electron chi connectivity index (χ4n) is 6.42. The topological polar surface area (TPSA) is 144 Å². The Balaban J connectivity index is 1.27. The molecule has 0 saturated heterocycles. The summed E-state index contributed by atoms with van der Waals surface area (Å²) in [5.74, 6) is 10.1. The molecule has 244 valence electrons. The van der Waals surface area contributed by atoms with Crippen LogP contribution in [-0.2, 0) is 17.6 Å². The van der Waals surface area contributed by atoms with E-state index in [0.717, 1.165) is 52.8 Å². The Labute approximate surface area is 276 Å². The molecule has 0 radical (unpaired) electrons. The van der Waals surface area contributed by atoms with Crippen LogP contribution in [0.25, 0.3) is 0 Å². The Morgan fingerprint density at radius 3 is 2.85 bits per heavy atom. The van der Waals surface area contributed by atoms with Crippen molar-refractivity contribution in [2.45, 2.75) is 89.3 Å². The standard InChI is InChI=1S/C38H42N4O5/c1-2-3-4-7-29(43)20-30(44)12-8-24-9-15-35-36(17-24)47-38-25(6-5-16-46-35)11-14-34(45)31-13-10-26(37(39)40)18-27(31)19-28-21-41-33-23-42(38)22-32(28)33/h9-10,13,15,17-18,21-22,25,29,34,37-38,43,45H,2-4,6-8,12,19-20,23,39-40H2,1H3/t25-,29+,34+,38-/m0/s1. The SMILES string of the molecule is CCCCC[C@@H](O)CC(=O)CCc1ccc2c(c1)O[C@H]1[C@H](C#C[C@@H](O)c3ccc(C(N)N)cc3CC3=CN=C4CN1C=C34)CC#CO2. The van der Waals surface area contributed by atoms with E-state index in [1.54, 1.807) is 0 Å². The summed E-state index contributed by atoms with van der Waals surface area (Å²) in [6.45, 7) is 2.65. The first-order valence-electron chi connectivity index (χ1n) is 16.5. The second-order valence-corrected chi connectivity index (χ2v) is 12.7. The van der Waals surface area contributed by atoms with Crippen LogP contribution in [0.2, 0.25) is 0 Å². The van der Waals surface area contributed by atoms with E-state index in [4.69, 9.17) is 25.9 Å². The van der Waals surface area contributed by atoms with Crippen LogP contribution in [0, 0.1) is 29.8 Å². The molecule has 0 unspecified atom stereocenters. The molecule has 0 aromatic heterocycles. The third kappa shape index (κ3) is 7.62. The van der Waals surface area contributed by atoms with Gasteiger partial charge in [0.2, 0.25) is 0 Å². The zero-order chi connectivity index (χ0) is 32.9. The number of hydrogen-bond acceptors (Lipinski definition) is 9. The normalized spacial score (nSPS) is 21.4. The van der Waals surface area contributed by atoms with Crippen LogP contribution in [0.5, 0.6) is 11.5 Å². The number of hydrogen-bond donors (Lipinski definition) is 4. The first kappa shape index (κ1) is 32.6. The number of Topliss-reactive ketones (excluding diaryl/α,β-unsaturated/α-hetero) is 1. The second-order valence-electron chi connectivity index (χ2n) is 12.7.